The quantitative estimate of drug-likeness (QED) is 0.804. The van der Waals surface area contributed by atoms with Crippen LogP contribution < -0.4 is 0 Å². The first-order valence-electron chi connectivity index (χ1n) is 4.94. The third kappa shape index (κ3) is 2.82. The summed E-state index contributed by atoms with van der Waals surface area (Å²) >= 11 is 5.74. The number of nitrogens with zero attached hydrogens (tertiary/aromatic N) is 1. The lowest BCUT2D eigenvalue weighted by molar-refractivity contribution is 0.474. The summed E-state index contributed by atoms with van der Waals surface area (Å²) in [4.78, 5) is 3.95. The topological polar surface area (TPSA) is 32.6 Å². The van der Waals surface area contributed by atoms with Gasteiger partial charge in [-0.3, -0.25) is 4.99 Å². The molecule has 2 aromatic carbocycles. The van der Waals surface area contributed by atoms with E-state index in [1.54, 1.807) is 18.2 Å². The van der Waals surface area contributed by atoms with E-state index in [-0.39, 0.29) is 11.4 Å². The molecule has 0 unspecified atom stereocenters. The fourth-order valence-electron chi connectivity index (χ4n) is 1.32. The zero-order chi connectivity index (χ0) is 12.3. The lowest BCUT2D eigenvalue weighted by atomic mass is 10.2. The zero-order valence-corrected chi connectivity index (χ0v) is 9.53. The van der Waals surface area contributed by atoms with Gasteiger partial charge in [-0.15, -0.1) is 0 Å². The first-order chi connectivity index (χ1) is 8.16. The van der Waals surface area contributed by atoms with Crippen LogP contribution in [0.5, 0.6) is 5.75 Å². The first kappa shape index (κ1) is 11.6. The Labute approximate surface area is 103 Å². The van der Waals surface area contributed by atoms with Gasteiger partial charge in [0.1, 0.15) is 17.3 Å². The van der Waals surface area contributed by atoms with Crippen molar-refractivity contribution in [3.05, 3.63) is 58.9 Å². The van der Waals surface area contributed by atoms with Crippen molar-refractivity contribution < 1.29 is 9.50 Å². The highest BCUT2D eigenvalue weighted by Crippen LogP contribution is 2.23. The molecule has 2 aromatic rings. The van der Waals surface area contributed by atoms with Crippen LogP contribution in [0, 0.1) is 5.82 Å². The van der Waals surface area contributed by atoms with Crippen molar-refractivity contribution in [2.75, 3.05) is 0 Å². The van der Waals surface area contributed by atoms with Crippen molar-refractivity contribution in [1.29, 1.82) is 0 Å². The molecule has 0 aliphatic heterocycles. The van der Waals surface area contributed by atoms with Gasteiger partial charge in [0, 0.05) is 16.8 Å². The molecule has 1 N–H and O–H groups in total. The number of para-hydroxylation sites is 1. The number of halogens is 2. The van der Waals surface area contributed by atoms with E-state index in [9.17, 15) is 9.50 Å². The molecule has 0 bridgehead atoms. The maximum absolute atomic E-state index is 13.3. The Kier molecular flexibility index (Phi) is 3.40. The van der Waals surface area contributed by atoms with Crippen LogP contribution in [0.2, 0.25) is 5.02 Å². The van der Waals surface area contributed by atoms with E-state index >= 15 is 0 Å². The lowest BCUT2D eigenvalue weighted by Crippen LogP contribution is -1.82. The van der Waals surface area contributed by atoms with Gasteiger partial charge < -0.3 is 5.11 Å². The predicted molar refractivity (Wildman–Crippen MR) is 66.8 cm³/mol. The molecule has 0 aliphatic carbocycles. The summed E-state index contributed by atoms with van der Waals surface area (Å²) in [6, 6.07) is 10.8. The molecule has 0 radical (unpaired) electrons. The van der Waals surface area contributed by atoms with Crippen LogP contribution in [0.25, 0.3) is 0 Å². The minimum Gasteiger partial charge on any atom is -0.507 e. The Hall–Kier alpha value is -1.87. The van der Waals surface area contributed by atoms with Crippen LogP contribution >= 0.6 is 11.6 Å². The van der Waals surface area contributed by atoms with E-state index in [1.807, 2.05) is 0 Å². The molecule has 2 rings (SSSR count). The number of benzene rings is 2. The second kappa shape index (κ2) is 4.97. The van der Waals surface area contributed by atoms with Gasteiger partial charge in [0.25, 0.3) is 0 Å². The van der Waals surface area contributed by atoms with E-state index < -0.39 is 5.82 Å². The molecule has 0 aromatic heterocycles. The largest absolute Gasteiger partial charge is 0.507 e. The van der Waals surface area contributed by atoms with E-state index in [2.05, 4.69) is 4.99 Å². The number of hydrogen-bond donors (Lipinski definition) is 1. The highest BCUT2D eigenvalue weighted by molar-refractivity contribution is 6.30. The molecule has 4 heteroatoms. The summed E-state index contributed by atoms with van der Waals surface area (Å²) < 4.78 is 13.3. The van der Waals surface area contributed by atoms with Crippen LogP contribution in [0.4, 0.5) is 10.1 Å². The molecule has 0 saturated heterocycles. The van der Waals surface area contributed by atoms with Crippen molar-refractivity contribution in [3.63, 3.8) is 0 Å². The number of phenols is 1. The van der Waals surface area contributed by atoms with Gasteiger partial charge in [0.2, 0.25) is 0 Å². The number of hydrogen-bond acceptors (Lipinski definition) is 2. The summed E-state index contributed by atoms with van der Waals surface area (Å²) in [5.41, 5.74) is 0.660. The van der Waals surface area contributed by atoms with Crippen LogP contribution in [0.3, 0.4) is 0 Å². The normalized spacial score (nSPS) is 10.9. The van der Waals surface area contributed by atoms with Crippen LogP contribution in [-0.2, 0) is 0 Å². The van der Waals surface area contributed by atoms with Gasteiger partial charge in [-0.1, -0.05) is 23.7 Å². The molecule has 0 fully saturated rings. The van der Waals surface area contributed by atoms with E-state index in [1.165, 1.54) is 30.5 Å². The van der Waals surface area contributed by atoms with E-state index in [0.717, 1.165) is 0 Å². The highest BCUT2D eigenvalue weighted by Gasteiger charge is 2.01. The number of phenolic OH excluding ortho intramolecular Hbond substituents is 1. The van der Waals surface area contributed by atoms with Gasteiger partial charge in [0.05, 0.1) is 0 Å². The molecule has 17 heavy (non-hydrogen) atoms. The zero-order valence-electron chi connectivity index (χ0n) is 8.77. The third-order valence-corrected chi connectivity index (χ3v) is 2.42. The summed E-state index contributed by atoms with van der Waals surface area (Å²) in [7, 11) is 0. The number of aromatic hydroxyl groups is 1. The molecule has 0 saturated carbocycles. The average molecular weight is 250 g/mol. The van der Waals surface area contributed by atoms with Crippen LogP contribution in [0.15, 0.2) is 47.5 Å². The molecule has 0 amide bonds. The highest BCUT2D eigenvalue weighted by atomic mass is 35.5. The SMILES string of the molecule is Oc1ccccc1C=Nc1cc(Cl)ccc1F. The monoisotopic (exact) mass is 249 g/mol. The van der Waals surface area contributed by atoms with Gasteiger partial charge >= 0.3 is 0 Å². The molecular formula is C13H9ClFNO. The molecule has 0 atom stereocenters. The van der Waals surface area contributed by atoms with Crippen molar-refractivity contribution in [1.82, 2.24) is 0 Å². The fourth-order valence-corrected chi connectivity index (χ4v) is 1.49. The lowest BCUT2D eigenvalue weighted by Gasteiger charge is -1.99. The van der Waals surface area contributed by atoms with Gasteiger partial charge in [0.15, 0.2) is 0 Å². The van der Waals surface area contributed by atoms with Gasteiger partial charge in [-0.25, -0.2) is 4.39 Å². The summed E-state index contributed by atoms with van der Waals surface area (Å²) in [6.07, 6.45) is 1.39. The van der Waals surface area contributed by atoms with Crippen molar-refractivity contribution in [3.8, 4) is 5.75 Å². The van der Waals surface area contributed by atoms with Gasteiger partial charge in [-0.2, -0.15) is 0 Å². The minimum absolute atomic E-state index is 0.0960. The van der Waals surface area contributed by atoms with Crippen LogP contribution in [-0.4, -0.2) is 11.3 Å². The second-order valence-electron chi connectivity index (χ2n) is 3.41. The Morgan fingerprint density at radius 3 is 2.71 bits per heavy atom. The van der Waals surface area contributed by atoms with Crippen molar-refractivity contribution in [2.24, 2.45) is 4.99 Å². The maximum Gasteiger partial charge on any atom is 0.148 e. The number of aliphatic imine (C=N–C) groups is 1. The van der Waals surface area contributed by atoms with Crippen LogP contribution in [0.1, 0.15) is 5.56 Å². The maximum atomic E-state index is 13.3. The van der Waals surface area contributed by atoms with Gasteiger partial charge in [-0.05, 0) is 30.3 Å². The Morgan fingerprint density at radius 2 is 1.94 bits per heavy atom. The first-order valence-corrected chi connectivity index (χ1v) is 5.32. The second-order valence-corrected chi connectivity index (χ2v) is 3.85. The standard InChI is InChI=1S/C13H9ClFNO/c14-10-5-6-11(15)12(7-10)16-8-9-3-1-2-4-13(9)17/h1-8,17H. The molecule has 0 spiro atoms. The molecule has 86 valence electrons. The van der Waals surface area contributed by atoms with E-state index in [0.29, 0.717) is 10.6 Å². The smallest absolute Gasteiger partial charge is 0.148 e. The Balaban J connectivity index is 2.32. The molecule has 0 heterocycles. The Bertz CT molecular complexity index is 569. The molecule has 2 nitrogen and oxygen atoms in total. The fraction of sp³-hybridized carbons (Fsp3) is 0. The molecular weight excluding hydrogens is 241 g/mol. The summed E-state index contributed by atoms with van der Waals surface area (Å²) in [5, 5.41) is 9.91. The van der Waals surface area contributed by atoms with E-state index in [4.69, 9.17) is 11.6 Å². The predicted octanol–water partition coefficient (Wildman–Crippen LogP) is 3.94. The summed E-state index contributed by atoms with van der Waals surface area (Å²) in [6.45, 7) is 0. The Morgan fingerprint density at radius 1 is 1.18 bits per heavy atom. The summed E-state index contributed by atoms with van der Waals surface area (Å²) in [5.74, 6) is -0.361. The average Bonchev–Trinajstić information content (AvgIpc) is 2.32. The number of rotatable bonds is 2. The minimum atomic E-state index is -0.457. The molecule has 0 aliphatic rings. The van der Waals surface area contributed by atoms with Crippen molar-refractivity contribution >= 4 is 23.5 Å². The third-order valence-electron chi connectivity index (χ3n) is 2.19. The van der Waals surface area contributed by atoms with Crippen molar-refractivity contribution in [2.45, 2.75) is 0 Å².